The molecule has 23 heavy (non-hydrogen) atoms. The maximum atomic E-state index is 12.6. The van der Waals surface area contributed by atoms with Crippen molar-refractivity contribution in [3.8, 4) is 0 Å². The van der Waals surface area contributed by atoms with Crippen LogP contribution < -0.4 is 0 Å². The zero-order valence-corrected chi connectivity index (χ0v) is 14.0. The van der Waals surface area contributed by atoms with Crippen LogP contribution in [0.4, 0.5) is 0 Å². The summed E-state index contributed by atoms with van der Waals surface area (Å²) in [5.41, 5.74) is -0.765. The fourth-order valence-electron chi connectivity index (χ4n) is 2.54. The lowest BCUT2D eigenvalue weighted by molar-refractivity contribution is -0.138. The van der Waals surface area contributed by atoms with Gasteiger partial charge in [-0.3, -0.25) is 14.4 Å². The molecule has 0 radical (unpaired) electrons. The molecule has 0 spiro atoms. The number of hydrogen-bond donors (Lipinski definition) is 2. The summed E-state index contributed by atoms with van der Waals surface area (Å²) in [6.07, 6.45) is -0.787. The number of carbonyl (C=O) groups is 3. The van der Waals surface area contributed by atoms with Crippen molar-refractivity contribution in [2.75, 3.05) is 0 Å². The van der Waals surface area contributed by atoms with Crippen molar-refractivity contribution in [3.05, 3.63) is 44.6 Å². The quantitative estimate of drug-likeness (QED) is 0.802. The van der Waals surface area contributed by atoms with Crippen LogP contribution >= 0.6 is 23.2 Å². The number of ketones is 2. The van der Waals surface area contributed by atoms with E-state index in [1.165, 1.54) is 12.1 Å². The summed E-state index contributed by atoms with van der Waals surface area (Å²) in [5.74, 6) is -2.93. The highest BCUT2D eigenvalue weighted by Gasteiger charge is 2.42. The molecule has 122 valence electrons. The molecule has 0 aromatic heterocycles. The van der Waals surface area contributed by atoms with Crippen molar-refractivity contribution in [1.29, 1.82) is 0 Å². The third kappa shape index (κ3) is 2.99. The van der Waals surface area contributed by atoms with Gasteiger partial charge in [-0.15, -0.1) is 0 Å². The van der Waals surface area contributed by atoms with Gasteiger partial charge >= 0.3 is 5.97 Å². The number of carboxylic acid groups (broad SMARTS) is 1. The number of allylic oxidation sites excluding steroid dienone is 2. The van der Waals surface area contributed by atoms with E-state index in [4.69, 9.17) is 28.3 Å². The number of aliphatic carboxylic acids is 1. The first-order chi connectivity index (χ1) is 10.6. The van der Waals surface area contributed by atoms with Crippen molar-refractivity contribution in [2.45, 2.75) is 32.1 Å². The lowest BCUT2D eigenvalue weighted by Gasteiger charge is -2.32. The van der Waals surface area contributed by atoms with Gasteiger partial charge in [-0.25, -0.2) is 0 Å². The molecule has 0 unspecified atom stereocenters. The van der Waals surface area contributed by atoms with Gasteiger partial charge in [0.25, 0.3) is 0 Å². The van der Waals surface area contributed by atoms with E-state index in [-0.39, 0.29) is 33.4 Å². The average Bonchev–Trinajstić information content (AvgIpc) is 2.45. The fourth-order valence-corrected chi connectivity index (χ4v) is 2.87. The minimum absolute atomic E-state index is 0.160. The van der Waals surface area contributed by atoms with Gasteiger partial charge in [0.05, 0.1) is 16.5 Å². The number of hydrogen-bond acceptors (Lipinski definition) is 4. The second kappa shape index (κ2) is 5.98. The smallest absolute Gasteiger partial charge is 0.303 e. The van der Waals surface area contributed by atoms with Crippen LogP contribution in [0.1, 0.15) is 42.6 Å². The summed E-state index contributed by atoms with van der Waals surface area (Å²) in [6.45, 7) is 3.28. The van der Waals surface area contributed by atoms with E-state index in [1.807, 2.05) is 0 Å². The predicted octanol–water partition coefficient (Wildman–Crippen LogP) is 3.71. The van der Waals surface area contributed by atoms with Crippen LogP contribution in [0.2, 0.25) is 10.0 Å². The average molecular weight is 357 g/mol. The normalized spacial score (nSPS) is 16.3. The summed E-state index contributed by atoms with van der Waals surface area (Å²) in [7, 11) is 0. The van der Waals surface area contributed by atoms with E-state index in [0.717, 1.165) is 0 Å². The van der Waals surface area contributed by atoms with Crippen LogP contribution in [0.5, 0.6) is 0 Å². The van der Waals surface area contributed by atoms with E-state index < -0.39 is 29.4 Å². The number of Topliss-reactive ketones (excluding diaryl/α,β-unsaturated/α-hetero) is 2. The zero-order valence-electron chi connectivity index (χ0n) is 12.4. The first kappa shape index (κ1) is 17.5. The molecule has 0 fully saturated rings. The van der Waals surface area contributed by atoms with Gasteiger partial charge in [-0.2, -0.15) is 0 Å². The molecule has 1 aromatic carbocycles. The van der Waals surface area contributed by atoms with Gasteiger partial charge in [0.15, 0.2) is 11.6 Å². The molecule has 0 heterocycles. The van der Waals surface area contributed by atoms with Gasteiger partial charge in [0.2, 0.25) is 0 Å². The first-order valence-corrected chi connectivity index (χ1v) is 7.56. The first-order valence-electron chi connectivity index (χ1n) is 6.80. The Balaban J connectivity index is 2.57. The summed E-state index contributed by atoms with van der Waals surface area (Å²) >= 11 is 11.9. The summed E-state index contributed by atoms with van der Waals surface area (Å²) in [4.78, 5) is 35.4. The molecule has 2 N–H and O–H groups in total. The molecular formula is C16H14Cl2O5. The molecule has 2 rings (SSSR count). The topological polar surface area (TPSA) is 91.7 Å². The number of rotatable bonds is 4. The second-order valence-corrected chi connectivity index (χ2v) is 6.62. The Morgan fingerprint density at radius 3 is 2.26 bits per heavy atom. The number of aliphatic hydroxyl groups is 1. The molecule has 7 heteroatoms. The number of halogens is 2. The molecule has 0 aliphatic heterocycles. The highest BCUT2D eigenvalue weighted by molar-refractivity contribution is 6.42. The molecular weight excluding hydrogens is 343 g/mol. The third-order valence-electron chi connectivity index (χ3n) is 3.88. The Labute approximate surface area is 142 Å². The Kier molecular flexibility index (Phi) is 4.55. The number of benzene rings is 1. The molecule has 0 amide bonds. The molecule has 0 atom stereocenters. The lowest BCUT2D eigenvalue weighted by atomic mass is 9.71. The number of fused-ring (bicyclic) bond motifs is 1. The maximum absolute atomic E-state index is 12.6. The highest BCUT2D eigenvalue weighted by Crippen LogP contribution is 2.42. The standard InChI is InChI=1S/C16H14Cl2O5/c1-16(2)8-6-10(18)9(17)5-7(8)14(22)13(15(16)23)11(19)3-4-12(20)21/h5-6,23H,3-4H2,1-2H3,(H,20,21). The van der Waals surface area contributed by atoms with Crippen molar-refractivity contribution < 1.29 is 24.6 Å². The maximum Gasteiger partial charge on any atom is 0.303 e. The van der Waals surface area contributed by atoms with Crippen molar-refractivity contribution in [3.63, 3.8) is 0 Å². The molecule has 5 nitrogen and oxygen atoms in total. The third-order valence-corrected chi connectivity index (χ3v) is 4.60. The van der Waals surface area contributed by atoms with Gasteiger partial charge in [0.1, 0.15) is 11.3 Å². The molecule has 1 aliphatic carbocycles. The Morgan fingerprint density at radius 2 is 1.70 bits per heavy atom. The van der Waals surface area contributed by atoms with Gasteiger partial charge < -0.3 is 10.2 Å². The molecule has 0 saturated carbocycles. The second-order valence-electron chi connectivity index (χ2n) is 5.81. The molecule has 1 aromatic rings. The van der Waals surface area contributed by atoms with Crippen LogP contribution in [-0.2, 0) is 15.0 Å². The highest BCUT2D eigenvalue weighted by atomic mass is 35.5. The minimum Gasteiger partial charge on any atom is -0.510 e. The van der Waals surface area contributed by atoms with Crippen LogP contribution in [0.3, 0.4) is 0 Å². The SMILES string of the molecule is CC1(C)C(O)=C(C(=O)CCC(=O)O)C(=O)c2cc(Cl)c(Cl)cc21. The van der Waals surface area contributed by atoms with Crippen LogP contribution in [0.15, 0.2) is 23.5 Å². The van der Waals surface area contributed by atoms with E-state index in [2.05, 4.69) is 0 Å². The Morgan fingerprint density at radius 1 is 1.13 bits per heavy atom. The van der Waals surface area contributed by atoms with Gasteiger partial charge in [0, 0.05) is 17.4 Å². The monoisotopic (exact) mass is 356 g/mol. The van der Waals surface area contributed by atoms with E-state index in [1.54, 1.807) is 13.8 Å². The summed E-state index contributed by atoms with van der Waals surface area (Å²) in [5, 5.41) is 19.5. The lowest BCUT2D eigenvalue weighted by Crippen LogP contribution is -2.34. The van der Waals surface area contributed by atoms with E-state index in [9.17, 15) is 19.5 Å². The molecule has 0 bridgehead atoms. The Bertz CT molecular complexity index is 762. The number of carboxylic acids is 1. The predicted molar refractivity (Wildman–Crippen MR) is 85.4 cm³/mol. The summed E-state index contributed by atoms with van der Waals surface area (Å²) < 4.78 is 0. The molecule has 0 saturated heterocycles. The number of carbonyl (C=O) groups excluding carboxylic acids is 2. The fraction of sp³-hybridized carbons (Fsp3) is 0.312. The van der Waals surface area contributed by atoms with Gasteiger partial charge in [-0.05, 0) is 31.5 Å². The Hall–Kier alpha value is -1.85. The van der Waals surface area contributed by atoms with Crippen molar-refractivity contribution in [1.82, 2.24) is 0 Å². The minimum atomic E-state index is -1.16. The largest absolute Gasteiger partial charge is 0.510 e. The van der Waals surface area contributed by atoms with Crippen LogP contribution in [0.25, 0.3) is 0 Å². The van der Waals surface area contributed by atoms with E-state index in [0.29, 0.717) is 5.56 Å². The van der Waals surface area contributed by atoms with Crippen molar-refractivity contribution in [2.24, 2.45) is 0 Å². The van der Waals surface area contributed by atoms with Crippen LogP contribution in [-0.4, -0.2) is 27.7 Å². The van der Waals surface area contributed by atoms with Crippen molar-refractivity contribution >= 4 is 40.7 Å². The number of aliphatic hydroxyl groups excluding tert-OH is 1. The van der Waals surface area contributed by atoms with E-state index >= 15 is 0 Å². The van der Waals surface area contributed by atoms with Gasteiger partial charge in [-0.1, -0.05) is 23.2 Å². The zero-order chi connectivity index (χ0) is 17.5. The summed E-state index contributed by atoms with van der Waals surface area (Å²) in [6, 6.07) is 2.85. The molecule has 1 aliphatic rings. The van der Waals surface area contributed by atoms with Crippen LogP contribution in [0, 0.1) is 0 Å².